The van der Waals surface area contributed by atoms with Crippen molar-refractivity contribution in [2.24, 2.45) is 23.7 Å². The summed E-state index contributed by atoms with van der Waals surface area (Å²) < 4.78 is 25.9. The van der Waals surface area contributed by atoms with Gasteiger partial charge in [-0.15, -0.1) is 50.5 Å². The maximum atomic E-state index is 12.1. The topological polar surface area (TPSA) is 163 Å². The summed E-state index contributed by atoms with van der Waals surface area (Å²) in [7, 11) is 0. The van der Waals surface area contributed by atoms with E-state index in [9.17, 15) is 19.2 Å². The average Bonchev–Trinajstić information content (AvgIpc) is 3.30. The van der Waals surface area contributed by atoms with Crippen molar-refractivity contribution in [3.05, 3.63) is 144 Å². The number of ketones is 4. The second-order valence-electron chi connectivity index (χ2n) is 23.3. The monoisotopic (exact) mass is 1250 g/mol. The molecule has 458 valence electrons. The third kappa shape index (κ3) is 16.7. The van der Waals surface area contributed by atoms with Gasteiger partial charge in [-0.05, 0) is 198 Å². The van der Waals surface area contributed by atoms with E-state index in [2.05, 4.69) is 34.2 Å². The normalized spacial score (nSPS) is 14.7. The van der Waals surface area contributed by atoms with Crippen LogP contribution < -0.4 is 18.9 Å². The molecule has 16 heteroatoms. The van der Waals surface area contributed by atoms with E-state index in [1.54, 1.807) is 27.7 Å². The number of hydrogen-bond acceptors (Lipinski definition) is 14. The van der Waals surface area contributed by atoms with Gasteiger partial charge in [0.15, 0.2) is 0 Å². The molecule has 0 spiro atoms. The third-order valence-corrected chi connectivity index (χ3v) is 18.0. The van der Waals surface area contributed by atoms with E-state index < -0.39 is 21.7 Å². The van der Waals surface area contributed by atoms with Gasteiger partial charge in [-0.1, -0.05) is 76.2 Å². The molecule has 2 aliphatic rings. The van der Waals surface area contributed by atoms with Crippen LogP contribution in [-0.4, -0.2) is 64.8 Å². The smallest absolute Gasteiger partial charge is 0.141 e. The maximum absolute atomic E-state index is 12.1. The van der Waals surface area contributed by atoms with Crippen molar-refractivity contribution < 1.29 is 38.1 Å². The van der Waals surface area contributed by atoms with E-state index in [1.165, 1.54) is 0 Å². The molecule has 0 saturated heterocycles. The molecule has 0 amide bonds. The van der Waals surface area contributed by atoms with E-state index in [0.29, 0.717) is 97.1 Å². The Bertz CT molecular complexity index is 3450. The van der Waals surface area contributed by atoms with Crippen LogP contribution in [0.1, 0.15) is 130 Å². The maximum Gasteiger partial charge on any atom is 0.141 e. The zero-order valence-corrected chi connectivity index (χ0v) is 54.7. The Morgan fingerprint density at radius 3 is 0.773 bits per heavy atom. The van der Waals surface area contributed by atoms with Gasteiger partial charge in [0.1, 0.15) is 67.9 Å². The van der Waals surface area contributed by atoms with Crippen molar-refractivity contribution in [3.63, 3.8) is 0 Å². The number of carbonyl (C=O) groups excluding carboxylic acids is 4. The van der Waals surface area contributed by atoms with E-state index in [-0.39, 0.29) is 46.8 Å². The predicted molar refractivity (Wildman–Crippen MR) is 371 cm³/mol. The van der Waals surface area contributed by atoms with Crippen molar-refractivity contribution >= 4 is 120 Å². The van der Waals surface area contributed by atoms with Gasteiger partial charge in [0.05, 0.1) is 22.8 Å². The molecule has 8 atom stereocenters. The van der Waals surface area contributed by atoms with Crippen molar-refractivity contribution in [3.8, 4) is 67.5 Å². The van der Waals surface area contributed by atoms with Crippen LogP contribution in [0.4, 0.5) is 0 Å². The molecule has 2 aliphatic heterocycles. The summed E-state index contributed by atoms with van der Waals surface area (Å²) in [6, 6.07) is 39.9. The van der Waals surface area contributed by atoms with Crippen molar-refractivity contribution in [1.29, 1.82) is 0 Å². The van der Waals surface area contributed by atoms with Gasteiger partial charge in [0, 0.05) is 68.0 Å². The average molecular weight is 1260 g/mol. The van der Waals surface area contributed by atoms with Crippen LogP contribution >= 0.6 is 50.5 Å². The number of hydrogen-bond donors (Lipinski definition) is 6. The first-order valence-electron chi connectivity index (χ1n) is 30.2. The highest BCUT2D eigenvalue weighted by atomic mass is 32.1. The number of carbonyl (C=O) groups is 4. The number of thiol groups is 4. The Balaban J connectivity index is 1.29. The summed E-state index contributed by atoms with van der Waals surface area (Å²) in [4.78, 5) is 67.3. The molecule has 8 unspecified atom stereocenters. The second-order valence-corrected chi connectivity index (χ2v) is 25.6. The van der Waals surface area contributed by atoms with Crippen molar-refractivity contribution in [1.82, 2.24) is 19.9 Å². The number of aromatic nitrogens is 4. The molecule has 7 aromatic rings. The quantitative estimate of drug-likeness (QED) is 0.0206. The largest absolute Gasteiger partial charge is 0.480 e. The Hall–Kier alpha value is -7.24. The molecular formula is C72H78N4O8S4. The molecule has 12 nitrogen and oxygen atoms in total. The number of aromatic amines is 2. The van der Waals surface area contributed by atoms with Crippen LogP contribution in [0.25, 0.3) is 90.9 Å². The summed E-state index contributed by atoms with van der Waals surface area (Å²) in [6.07, 6.45) is 13.0. The van der Waals surface area contributed by atoms with Gasteiger partial charge in [0.25, 0.3) is 0 Å². The van der Waals surface area contributed by atoms with Crippen LogP contribution in [0.2, 0.25) is 0 Å². The first-order valence-corrected chi connectivity index (χ1v) is 32.2. The van der Waals surface area contributed by atoms with E-state index in [1.807, 2.05) is 149 Å². The van der Waals surface area contributed by atoms with Gasteiger partial charge in [-0.3, -0.25) is 19.2 Å². The fourth-order valence-corrected chi connectivity index (χ4v) is 11.7. The minimum absolute atomic E-state index is 0.108. The van der Waals surface area contributed by atoms with Gasteiger partial charge < -0.3 is 28.9 Å². The fourth-order valence-electron chi connectivity index (χ4n) is 10.6. The molecule has 0 radical (unpaired) electrons. The van der Waals surface area contributed by atoms with Gasteiger partial charge in [0.2, 0.25) is 0 Å². The molecule has 2 N–H and O–H groups in total. The molecule has 9 rings (SSSR count). The zero-order chi connectivity index (χ0) is 62.8. The summed E-state index contributed by atoms with van der Waals surface area (Å²) in [5, 5.41) is 0. The minimum Gasteiger partial charge on any atom is -0.480 e. The highest BCUT2D eigenvalue weighted by molar-refractivity contribution is 7.81. The zero-order valence-electron chi connectivity index (χ0n) is 51.1. The summed E-state index contributed by atoms with van der Waals surface area (Å²) in [5.74, 6) is 2.52. The standard InChI is InChI=1S/C72H78N4O8S4/c1-41(45(5)77)21-33-65(85)81-53-17-9-13-49(37-53)69-57-25-27-59(73-57)70(50-14-10-18-54(38-50)82-66(86)34-22-42(2)46(6)78)61-29-31-63(75-61)72(52-16-12-20-56(40-52)84-68(88)36-24-44(4)48(8)80)64-32-30-62(76-64)71(60-28-26-58(69)74-60)51-15-11-19-55(39-51)83-67(87)35-23-43(3)47(7)79/h9-20,25-32,37-44,65-68,73,76,85-88H,21-24,33-36H2,1-8H3. The number of rotatable bonds is 28. The number of benzene rings is 4. The molecule has 88 heavy (non-hydrogen) atoms. The van der Waals surface area contributed by atoms with Crippen LogP contribution in [-0.2, 0) is 19.2 Å². The molecule has 3 aromatic heterocycles. The Kier molecular flexibility index (Phi) is 22.1. The second kappa shape index (κ2) is 29.8. The Morgan fingerprint density at radius 2 is 0.568 bits per heavy atom. The van der Waals surface area contributed by atoms with Crippen LogP contribution in [0.3, 0.4) is 0 Å². The fraction of sp³-hybridized carbons (Fsp3) is 0.333. The third-order valence-electron chi connectivity index (χ3n) is 16.5. The van der Waals surface area contributed by atoms with Crippen molar-refractivity contribution in [2.75, 3.05) is 0 Å². The van der Waals surface area contributed by atoms with Gasteiger partial charge in [-0.2, -0.15) is 0 Å². The van der Waals surface area contributed by atoms with E-state index in [4.69, 9.17) is 79.4 Å². The summed E-state index contributed by atoms with van der Waals surface area (Å²) in [6.45, 7) is 14.1. The Labute approximate surface area is 538 Å². The lowest BCUT2D eigenvalue weighted by Crippen LogP contribution is -2.13. The first kappa shape index (κ1) is 65.2. The summed E-state index contributed by atoms with van der Waals surface area (Å²) >= 11 is 19.3. The lowest BCUT2D eigenvalue weighted by Gasteiger charge is -2.16. The number of fused-ring (bicyclic) bond motifs is 8. The number of nitrogens with one attached hydrogen (secondary N) is 2. The first-order chi connectivity index (χ1) is 42.2. The van der Waals surface area contributed by atoms with Crippen LogP contribution in [0.15, 0.2) is 121 Å². The molecule has 4 aromatic carbocycles. The SMILES string of the molecule is CC(=O)C(C)CCC(S)Oc1cccc(-c2c3nc(c(-c4cccc(OC(S)CCC(C)C(C)=O)c4)c4ccc([nH]4)c(-c4cccc(OC(S)CCC(C)C(C)=O)c4)c4nc(c(-c5cccc(OC(S)CCC(C)C(C)=O)c5)c5ccc2[nH]5)C=C4)C=C3)c1. The van der Waals surface area contributed by atoms with Gasteiger partial charge >= 0.3 is 0 Å². The molecule has 0 saturated carbocycles. The number of nitrogens with zero attached hydrogens (tertiary/aromatic N) is 2. The van der Waals surface area contributed by atoms with E-state index >= 15 is 0 Å². The predicted octanol–water partition coefficient (Wildman–Crippen LogP) is 17.9. The van der Waals surface area contributed by atoms with Crippen LogP contribution in [0.5, 0.6) is 23.0 Å². The van der Waals surface area contributed by atoms with Crippen molar-refractivity contribution in [2.45, 2.75) is 129 Å². The summed E-state index contributed by atoms with van der Waals surface area (Å²) in [5.41, 5.74) is 10.5. The number of H-pyrrole nitrogens is 2. The molecular weight excluding hydrogens is 1180 g/mol. The number of Topliss-reactive ketones (excluding diaryl/α,β-unsaturated/α-hetero) is 4. The lowest BCUT2D eigenvalue weighted by atomic mass is 10.0. The molecule has 0 fully saturated rings. The van der Waals surface area contributed by atoms with E-state index in [0.717, 1.165) is 66.6 Å². The minimum atomic E-state index is -0.459. The molecule has 5 heterocycles. The van der Waals surface area contributed by atoms with Gasteiger partial charge in [-0.25, -0.2) is 9.97 Å². The lowest BCUT2D eigenvalue weighted by molar-refractivity contribution is -0.121. The highest BCUT2D eigenvalue weighted by Gasteiger charge is 2.23. The highest BCUT2D eigenvalue weighted by Crippen LogP contribution is 2.41. The Morgan fingerprint density at radius 1 is 0.352 bits per heavy atom. The number of ether oxygens (including phenoxy) is 4. The van der Waals surface area contributed by atoms with Crippen LogP contribution in [0, 0.1) is 23.7 Å². The molecule has 8 bridgehead atoms. The molecule has 0 aliphatic carbocycles.